The van der Waals surface area contributed by atoms with Crippen LogP contribution in [0.15, 0.2) is 54.6 Å². The Hall–Kier alpha value is -3.42. The number of aliphatic carboxylic acids is 1. The third-order valence-electron chi connectivity index (χ3n) is 5.25. The van der Waals surface area contributed by atoms with Crippen LogP contribution in [0.25, 0.3) is 22.3 Å². The molecule has 0 radical (unpaired) electrons. The minimum absolute atomic E-state index is 0.0122. The number of hydrogen-bond acceptors (Lipinski definition) is 2. The number of nitrogen functional groups attached to an aromatic ring is 1. The van der Waals surface area contributed by atoms with Gasteiger partial charge in [0.25, 0.3) is 0 Å². The highest BCUT2D eigenvalue weighted by atomic mass is 19.4. The minimum Gasteiger partial charge on any atom is -0.481 e. The average Bonchev–Trinajstić information content (AvgIpc) is 2.70. The smallest absolute Gasteiger partial charge is 0.418 e. The van der Waals surface area contributed by atoms with Gasteiger partial charge in [0.1, 0.15) is 11.6 Å². The molecule has 0 fully saturated rings. The van der Waals surface area contributed by atoms with E-state index < -0.39 is 40.9 Å². The summed E-state index contributed by atoms with van der Waals surface area (Å²) in [5.41, 5.74) is 5.17. The van der Waals surface area contributed by atoms with Crippen LogP contribution in [0, 0.1) is 17.6 Å². The fourth-order valence-electron chi connectivity index (χ4n) is 3.74. The van der Waals surface area contributed by atoms with Crippen molar-refractivity contribution < 1.29 is 31.9 Å². The highest BCUT2D eigenvalue weighted by molar-refractivity contribution is 5.81. The van der Waals surface area contributed by atoms with E-state index in [1.807, 2.05) is 13.8 Å². The largest absolute Gasteiger partial charge is 0.481 e. The number of carboxylic acid groups (broad SMARTS) is 1. The summed E-state index contributed by atoms with van der Waals surface area (Å²) >= 11 is 0. The predicted octanol–water partition coefficient (Wildman–Crippen LogP) is 7.11. The first-order valence-corrected chi connectivity index (χ1v) is 10.2. The molecule has 1 unspecified atom stereocenters. The summed E-state index contributed by atoms with van der Waals surface area (Å²) in [6.07, 6.45) is -4.42. The summed E-state index contributed by atoms with van der Waals surface area (Å²) in [5, 5.41) is 9.79. The van der Waals surface area contributed by atoms with Crippen LogP contribution in [0.2, 0.25) is 0 Å². The Kier molecular flexibility index (Phi) is 6.76. The fraction of sp³-hybridized carbons (Fsp3) is 0.240. The molecule has 3 aromatic carbocycles. The number of carbonyl (C=O) groups is 1. The molecular weight excluding hydrogens is 441 g/mol. The number of nitrogens with two attached hydrogens (primary N) is 1. The van der Waals surface area contributed by atoms with Gasteiger partial charge in [0, 0.05) is 11.8 Å². The quantitative estimate of drug-likeness (QED) is 0.302. The van der Waals surface area contributed by atoms with Crippen molar-refractivity contribution >= 4 is 11.7 Å². The van der Waals surface area contributed by atoms with Crippen LogP contribution < -0.4 is 5.73 Å². The summed E-state index contributed by atoms with van der Waals surface area (Å²) in [5.74, 6) is -3.72. The topological polar surface area (TPSA) is 63.3 Å². The van der Waals surface area contributed by atoms with E-state index >= 15 is 0 Å². The van der Waals surface area contributed by atoms with Crippen LogP contribution in [0.4, 0.5) is 27.6 Å². The Morgan fingerprint density at radius 3 is 1.94 bits per heavy atom. The molecule has 0 spiro atoms. The van der Waals surface area contributed by atoms with E-state index in [0.717, 1.165) is 24.3 Å². The molecule has 3 aromatic rings. The number of carboxylic acids is 1. The lowest BCUT2D eigenvalue weighted by atomic mass is 9.86. The summed E-state index contributed by atoms with van der Waals surface area (Å²) in [4.78, 5) is 12.0. The standard InChI is InChI=1S/C25H22F5NO2/c1-13(2)5-21(24(32)33)18-7-15(14-3-4-23(31)22(11-14)25(28,29)30)6-16(8-18)17-9-19(26)12-20(27)10-17/h3-4,6-13,21H,5,31H2,1-2H3,(H,32,33). The van der Waals surface area contributed by atoms with E-state index in [1.165, 1.54) is 24.3 Å². The van der Waals surface area contributed by atoms with Crippen LogP contribution in [0.1, 0.15) is 37.3 Å². The van der Waals surface area contributed by atoms with Crippen LogP contribution >= 0.6 is 0 Å². The second-order valence-electron chi connectivity index (χ2n) is 8.32. The molecule has 8 heteroatoms. The van der Waals surface area contributed by atoms with Crippen molar-refractivity contribution in [1.82, 2.24) is 0 Å². The lowest BCUT2D eigenvalue weighted by Crippen LogP contribution is -2.14. The molecule has 3 nitrogen and oxygen atoms in total. The summed E-state index contributed by atoms with van der Waals surface area (Å²) in [6, 6.07) is 10.7. The molecule has 0 saturated heterocycles. The fourth-order valence-corrected chi connectivity index (χ4v) is 3.74. The first-order valence-electron chi connectivity index (χ1n) is 10.2. The van der Waals surface area contributed by atoms with Gasteiger partial charge in [-0.25, -0.2) is 8.78 Å². The van der Waals surface area contributed by atoms with Gasteiger partial charge in [0.2, 0.25) is 0 Å². The molecule has 33 heavy (non-hydrogen) atoms. The Labute approximate surface area is 187 Å². The second kappa shape index (κ2) is 9.21. The van der Waals surface area contributed by atoms with Gasteiger partial charge in [0.15, 0.2) is 0 Å². The lowest BCUT2D eigenvalue weighted by Gasteiger charge is -2.19. The molecule has 0 aliphatic heterocycles. The van der Waals surface area contributed by atoms with Gasteiger partial charge >= 0.3 is 12.1 Å². The Bertz CT molecular complexity index is 1170. The number of rotatable bonds is 6. The number of anilines is 1. The van der Waals surface area contributed by atoms with Crippen molar-refractivity contribution in [2.45, 2.75) is 32.4 Å². The van der Waals surface area contributed by atoms with Gasteiger partial charge in [-0.1, -0.05) is 32.0 Å². The van der Waals surface area contributed by atoms with E-state index in [4.69, 9.17) is 5.73 Å². The zero-order chi connectivity index (χ0) is 24.5. The SMILES string of the molecule is CC(C)CC(C(=O)O)c1cc(-c2cc(F)cc(F)c2)cc(-c2ccc(N)c(C(F)(F)F)c2)c1. The van der Waals surface area contributed by atoms with Crippen molar-refractivity contribution in [2.75, 3.05) is 5.73 Å². The maximum atomic E-state index is 13.9. The Morgan fingerprint density at radius 1 is 0.879 bits per heavy atom. The number of halogens is 5. The van der Waals surface area contributed by atoms with E-state index in [2.05, 4.69) is 0 Å². The first-order chi connectivity index (χ1) is 15.3. The molecule has 174 valence electrons. The van der Waals surface area contributed by atoms with Crippen molar-refractivity contribution in [3.63, 3.8) is 0 Å². The van der Waals surface area contributed by atoms with Crippen LogP contribution in [-0.4, -0.2) is 11.1 Å². The molecule has 0 bridgehead atoms. The van der Waals surface area contributed by atoms with Crippen molar-refractivity contribution in [2.24, 2.45) is 5.92 Å². The molecule has 0 aliphatic carbocycles. The van der Waals surface area contributed by atoms with Crippen LogP contribution in [0.3, 0.4) is 0 Å². The maximum absolute atomic E-state index is 13.9. The maximum Gasteiger partial charge on any atom is 0.418 e. The van der Waals surface area contributed by atoms with Crippen molar-refractivity contribution in [3.05, 3.63) is 77.4 Å². The summed E-state index contributed by atoms with van der Waals surface area (Å²) in [6.45, 7) is 3.69. The van der Waals surface area contributed by atoms with Crippen molar-refractivity contribution in [3.8, 4) is 22.3 Å². The highest BCUT2D eigenvalue weighted by Crippen LogP contribution is 2.39. The Morgan fingerprint density at radius 2 is 1.42 bits per heavy atom. The van der Waals surface area contributed by atoms with Gasteiger partial charge < -0.3 is 10.8 Å². The second-order valence-corrected chi connectivity index (χ2v) is 8.32. The van der Waals surface area contributed by atoms with E-state index in [1.54, 1.807) is 0 Å². The van der Waals surface area contributed by atoms with Crippen LogP contribution in [-0.2, 0) is 11.0 Å². The van der Waals surface area contributed by atoms with Gasteiger partial charge in [-0.15, -0.1) is 0 Å². The zero-order valence-electron chi connectivity index (χ0n) is 17.9. The average molecular weight is 463 g/mol. The predicted molar refractivity (Wildman–Crippen MR) is 116 cm³/mol. The van der Waals surface area contributed by atoms with Crippen molar-refractivity contribution in [1.29, 1.82) is 0 Å². The summed E-state index contributed by atoms with van der Waals surface area (Å²) < 4.78 is 67.9. The van der Waals surface area contributed by atoms with Gasteiger partial charge in [0.05, 0.1) is 11.5 Å². The third kappa shape index (κ3) is 5.69. The normalized spacial score (nSPS) is 12.7. The molecular formula is C25H22F5NO2. The third-order valence-corrected chi connectivity index (χ3v) is 5.25. The summed E-state index contributed by atoms with van der Waals surface area (Å²) in [7, 11) is 0. The number of hydrogen-bond donors (Lipinski definition) is 2. The zero-order valence-corrected chi connectivity index (χ0v) is 17.9. The lowest BCUT2D eigenvalue weighted by molar-refractivity contribution is -0.139. The molecule has 3 N–H and O–H groups in total. The van der Waals surface area contributed by atoms with E-state index in [9.17, 15) is 31.9 Å². The monoisotopic (exact) mass is 463 g/mol. The van der Waals surface area contributed by atoms with E-state index in [0.29, 0.717) is 11.6 Å². The number of benzene rings is 3. The molecule has 0 heterocycles. The van der Waals surface area contributed by atoms with Gasteiger partial charge in [-0.05, 0) is 70.5 Å². The molecule has 0 amide bonds. The highest BCUT2D eigenvalue weighted by Gasteiger charge is 2.33. The molecule has 0 saturated carbocycles. The molecule has 3 rings (SSSR count). The first kappa shape index (κ1) is 24.2. The number of alkyl halides is 3. The van der Waals surface area contributed by atoms with Gasteiger partial charge in [-0.2, -0.15) is 13.2 Å². The van der Waals surface area contributed by atoms with Gasteiger partial charge in [-0.3, -0.25) is 4.79 Å². The Balaban J connectivity index is 2.27. The molecule has 0 aromatic heterocycles. The van der Waals surface area contributed by atoms with Crippen LogP contribution in [0.5, 0.6) is 0 Å². The van der Waals surface area contributed by atoms with E-state index in [-0.39, 0.29) is 34.6 Å². The minimum atomic E-state index is -4.69. The molecule has 1 atom stereocenters. The molecule has 0 aliphatic rings.